The Morgan fingerprint density at radius 2 is 2.07 bits per heavy atom. The third-order valence-corrected chi connectivity index (χ3v) is 3.34. The highest BCUT2D eigenvalue weighted by Crippen LogP contribution is 2.29. The van der Waals surface area contributed by atoms with Crippen LogP contribution in [0.5, 0.6) is 0 Å². The molecule has 0 aliphatic heterocycles. The third kappa shape index (κ3) is 2.19. The number of amides is 1. The van der Waals surface area contributed by atoms with Gasteiger partial charge in [0.1, 0.15) is 0 Å². The average Bonchev–Trinajstić information content (AvgIpc) is 2.66. The quantitative estimate of drug-likeness (QED) is 0.857. The van der Waals surface area contributed by atoms with Crippen molar-refractivity contribution in [1.82, 2.24) is 0 Å². The molecular weight excluding hydrogens is 230 g/mol. The van der Waals surface area contributed by atoms with Crippen molar-refractivity contribution in [2.45, 2.75) is 0 Å². The summed E-state index contributed by atoms with van der Waals surface area (Å²) >= 11 is 7.25. The highest BCUT2D eigenvalue weighted by Gasteiger charge is 2.06. The number of carbonyl (C=O) groups is 1. The van der Waals surface area contributed by atoms with E-state index in [1.807, 2.05) is 30.3 Å². The largest absolute Gasteiger partial charge is 0.365 e. The monoisotopic (exact) mass is 237 g/mol. The van der Waals surface area contributed by atoms with Gasteiger partial charge in [-0.25, -0.2) is 0 Å². The smallest absolute Gasteiger partial charge is 0.258 e. The molecule has 0 saturated carbocycles. The van der Waals surface area contributed by atoms with Crippen LogP contribution in [0.1, 0.15) is 9.67 Å². The molecule has 0 unspecified atom stereocenters. The molecule has 1 aromatic carbocycles. The fourth-order valence-corrected chi connectivity index (χ4v) is 2.31. The van der Waals surface area contributed by atoms with Crippen molar-refractivity contribution in [2.75, 3.05) is 0 Å². The second kappa shape index (κ2) is 4.04. The van der Waals surface area contributed by atoms with Gasteiger partial charge in [-0.05, 0) is 29.8 Å². The third-order valence-electron chi connectivity index (χ3n) is 1.96. The number of halogens is 1. The highest BCUT2D eigenvalue weighted by molar-refractivity contribution is 7.17. The van der Waals surface area contributed by atoms with Crippen molar-refractivity contribution in [3.63, 3.8) is 0 Å². The molecule has 2 nitrogen and oxygen atoms in total. The summed E-state index contributed by atoms with van der Waals surface area (Å²) in [7, 11) is 0. The molecule has 0 aliphatic rings. The van der Waals surface area contributed by atoms with Gasteiger partial charge in [0.25, 0.3) is 5.91 Å². The van der Waals surface area contributed by atoms with E-state index in [1.165, 1.54) is 11.3 Å². The molecule has 0 aliphatic carbocycles. The first kappa shape index (κ1) is 10.2. The number of hydrogen-bond acceptors (Lipinski definition) is 2. The van der Waals surface area contributed by atoms with Gasteiger partial charge in [0, 0.05) is 9.90 Å². The molecule has 0 spiro atoms. The molecule has 2 aromatic rings. The molecule has 15 heavy (non-hydrogen) atoms. The first-order chi connectivity index (χ1) is 7.16. The van der Waals surface area contributed by atoms with E-state index >= 15 is 0 Å². The lowest BCUT2D eigenvalue weighted by Gasteiger charge is -1.96. The van der Waals surface area contributed by atoms with E-state index in [2.05, 4.69) is 0 Å². The maximum atomic E-state index is 10.9. The summed E-state index contributed by atoms with van der Waals surface area (Å²) in [5.74, 6) is -0.395. The second-order valence-electron chi connectivity index (χ2n) is 3.04. The lowest BCUT2D eigenvalue weighted by Crippen LogP contribution is -2.07. The topological polar surface area (TPSA) is 43.1 Å². The Hall–Kier alpha value is -1.32. The van der Waals surface area contributed by atoms with Crippen molar-refractivity contribution in [3.05, 3.63) is 46.3 Å². The van der Waals surface area contributed by atoms with Gasteiger partial charge < -0.3 is 5.73 Å². The van der Waals surface area contributed by atoms with Crippen molar-refractivity contribution in [1.29, 1.82) is 0 Å². The van der Waals surface area contributed by atoms with Crippen molar-refractivity contribution in [3.8, 4) is 10.4 Å². The number of nitrogens with two attached hydrogens (primary N) is 1. The minimum Gasteiger partial charge on any atom is -0.365 e. The van der Waals surface area contributed by atoms with E-state index in [0.717, 1.165) is 10.4 Å². The Bertz CT molecular complexity index is 507. The summed E-state index contributed by atoms with van der Waals surface area (Å²) in [6.07, 6.45) is 0. The molecule has 0 radical (unpaired) electrons. The fourth-order valence-electron chi connectivity index (χ4n) is 1.27. The number of rotatable bonds is 2. The number of primary amides is 1. The molecule has 0 saturated heterocycles. The van der Waals surface area contributed by atoms with Crippen molar-refractivity contribution in [2.24, 2.45) is 5.73 Å². The van der Waals surface area contributed by atoms with E-state index in [-0.39, 0.29) is 0 Å². The summed E-state index contributed by atoms with van der Waals surface area (Å²) in [6.45, 7) is 0. The van der Waals surface area contributed by atoms with Gasteiger partial charge >= 0.3 is 0 Å². The van der Waals surface area contributed by atoms with Crippen LogP contribution in [0.3, 0.4) is 0 Å². The average molecular weight is 238 g/mol. The van der Waals surface area contributed by atoms with Crippen LogP contribution in [0.15, 0.2) is 36.4 Å². The van der Waals surface area contributed by atoms with Crippen LogP contribution in [0.25, 0.3) is 10.4 Å². The zero-order valence-electron chi connectivity index (χ0n) is 7.74. The molecule has 2 rings (SSSR count). The van der Waals surface area contributed by atoms with E-state index in [9.17, 15) is 4.79 Å². The summed E-state index contributed by atoms with van der Waals surface area (Å²) in [5.41, 5.74) is 6.18. The number of thiophene rings is 1. The van der Waals surface area contributed by atoms with Crippen LogP contribution >= 0.6 is 22.9 Å². The highest BCUT2D eigenvalue weighted by atomic mass is 35.5. The molecule has 0 fully saturated rings. The van der Waals surface area contributed by atoms with Gasteiger partial charge in [0.15, 0.2) is 0 Å². The predicted octanol–water partition coefficient (Wildman–Crippen LogP) is 3.17. The van der Waals surface area contributed by atoms with E-state index in [4.69, 9.17) is 17.3 Å². The second-order valence-corrected chi connectivity index (χ2v) is 4.56. The molecule has 76 valence electrons. The number of benzene rings is 1. The molecule has 2 N–H and O–H groups in total. The SMILES string of the molecule is NC(=O)c1ccc(-c2cccc(Cl)c2)s1. The first-order valence-electron chi connectivity index (χ1n) is 4.32. The van der Waals surface area contributed by atoms with Crippen LogP contribution in [-0.2, 0) is 0 Å². The van der Waals surface area contributed by atoms with E-state index in [1.54, 1.807) is 6.07 Å². The molecule has 1 aromatic heterocycles. The summed E-state index contributed by atoms with van der Waals surface area (Å²) in [4.78, 5) is 12.5. The Morgan fingerprint density at radius 1 is 1.27 bits per heavy atom. The zero-order valence-corrected chi connectivity index (χ0v) is 9.31. The van der Waals surface area contributed by atoms with Crippen LogP contribution in [0.4, 0.5) is 0 Å². The Labute approximate surface area is 96.3 Å². The number of hydrogen-bond donors (Lipinski definition) is 1. The van der Waals surface area contributed by atoms with Gasteiger partial charge in [-0.1, -0.05) is 23.7 Å². The van der Waals surface area contributed by atoms with E-state index in [0.29, 0.717) is 9.90 Å². The van der Waals surface area contributed by atoms with Gasteiger partial charge in [0.2, 0.25) is 0 Å². The van der Waals surface area contributed by atoms with Gasteiger partial charge in [-0.15, -0.1) is 11.3 Å². The Kier molecular flexibility index (Phi) is 2.75. The summed E-state index contributed by atoms with van der Waals surface area (Å²) < 4.78 is 0. The van der Waals surface area contributed by atoms with Crippen LogP contribution in [0.2, 0.25) is 5.02 Å². The lowest BCUT2D eigenvalue weighted by atomic mass is 10.2. The summed E-state index contributed by atoms with van der Waals surface area (Å²) in [5, 5.41) is 0.682. The normalized spacial score (nSPS) is 10.2. The minimum atomic E-state index is -0.395. The van der Waals surface area contributed by atoms with Crippen LogP contribution < -0.4 is 5.73 Å². The molecule has 1 amide bonds. The van der Waals surface area contributed by atoms with E-state index < -0.39 is 5.91 Å². The molecule has 4 heteroatoms. The maximum Gasteiger partial charge on any atom is 0.258 e. The molecule has 0 bridgehead atoms. The Morgan fingerprint density at radius 3 is 2.67 bits per heavy atom. The van der Waals surface area contributed by atoms with Gasteiger partial charge in [-0.2, -0.15) is 0 Å². The Balaban J connectivity index is 2.41. The van der Waals surface area contributed by atoms with Crippen molar-refractivity contribution < 1.29 is 4.79 Å². The van der Waals surface area contributed by atoms with Gasteiger partial charge in [-0.3, -0.25) is 4.79 Å². The minimum absolute atomic E-state index is 0.395. The molecule has 1 heterocycles. The summed E-state index contributed by atoms with van der Waals surface area (Å²) in [6, 6.07) is 11.1. The van der Waals surface area contributed by atoms with Crippen molar-refractivity contribution >= 4 is 28.8 Å². The first-order valence-corrected chi connectivity index (χ1v) is 5.52. The lowest BCUT2D eigenvalue weighted by molar-refractivity contribution is 0.100. The van der Waals surface area contributed by atoms with Crippen LogP contribution in [0, 0.1) is 0 Å². The standard InChI is InChI=1S/C11H8ClNOS/c12-8-3-1-2-7(6-8)9-4-5-10(15-9)11(13)14/h1-6H,(H2,13,14). The fraction of sp³-hybridized carbons (Fsp3) is 0. The molecular formula is C11H8ClNOS. The number of carbonyl (C=O) groups excluding carboxylic acids is 1. The zero-order chi connectivity index (χ0) is 10.8. The maximum absolute atomic E-state index is 10.9. The predicted molar refractivity (Wildman–Crippen MR) is 63.3 cm³/mol. The van der Waals surface area contributed by atoms with Gasteiger partial charge in [0.05, 0.1) is 4.88 Å². The molecule has 0 atom stereocenters. The van der Waals surface area contributed by atoms with Crippen LogP contribution in [-0.4, -0.2) is 5.91 Å².